The number of carboxylic acid groups (broad SMARTS) is 1. The lowest BCUT2D eigenvalue weighted by Gasteiger charge is -2.32. The van der Waals surface area contributed by atoms with Crippen LogP contribution in [0, 0.1) is 11.8 Å². The van der Waals surface area contributed by atoms with Crippen molar-refractivity contribution in [3.63, 3.8) is 0 Å². The van der Waals surface area contributed by atoms with Crippen molar-refractivity contribution in [3.8, 4) is 0 Å². The van der Waals surface area contributed by atoms with Crippen molar-refractivity contribution < 1.29 is 53.8 Å². The predicted octanol–water partition coefficient (Wildman–Crippen LogP) is 4.74. The molecule has 0 saturated carbocycles. The number of benzene rings is 1. The number of aromatic nitrogens is 1. The highest BCUT2D eigenvalue weighted by atomic mass is 16.6. The van der Waals surface area contributed by atoms with Gasteiger partial charge in [-0.3, -0.25) is 14.4 Å². The van der Waals surface area contributed by atoms with Gasteiger partial charge in [-0.15, -0.1) is 0 Å². The van der Waals surface area contributed by atoms with E-state index in [0.29, 0.717) is 12.1 Å². The van der Waals surface area contributed by atoms with Crippen LogP contribution in [0.25, 0.3) is 10.9 Å². The summed E-state index contributed by atoms with van der Waals surface area (Å²) in [6.07, 6.45) is 8.34. The molecule has 3 heterocycles. The van der Waals surface area contributed by atoms with Crippen LogP contribution in [0.2, 0.25) is 0 Å². The highest BCUT2D eigenvalue weighted by molar-refractivity contribution is 5.79. The fraction of sp³-hybridized carbons (Fsp3) is 0.585. The molecule has 0 aliphatic carbocycles. The second-order valence-electron chi connectivity index (χ2n) is 14.9. The number of ether oxygens (including phenoxy) is 4. The van der Waals surface area contributed by atoms with Crippen molar-refractivity contribution in [3.05, 3.63) is 72.0 Å². The minimum Gasteiger partial charge on any atom is -0.483 e. The fourth-order valence-corrected chi connectivity index (χ4v) is 7.11. The quantitative estimate of drug-likeness (QED) is 0.0540. The maximum atomic E-state index is 12.9. The number of allylic oxidation sites excluding steroid dienone is 2. The zero-order valence-electron chi connectivity index (χ0n) is 32.7. The molecule has 0 amide bonds. The van der Waals surface area contributed by atoms with Gasteiger partial charge in [-0.25, -0.2) is 0 Å². The number of aromatic amines is 1. The van der Waals surface area contributed by atoms with Gasteiger partial charge in [0.2, 0.25) is 0 Å². The summed E-state index contributed by atoms with van der Waals surface area (Å²) in [6, 6.07) is 7.79. The molecule has 0 radical (unpaired) electrons. The largest absolute Gasteiger partial charge is 0.483 e. The predicted molar refractivity (Wildman–Crippen MR) is 204 cm³/mol. The number of carbonyl (C=O) groups is 3. The molecule has 4 rings (SSSR count). The first-order chi connectivity index (χ1) is 25.5. The van der Waals surface area contributed by atoms with Crippen LogP contribution in [0.4, 0.5) is 0 Å². The van der Waals surface area contributed by atoms with E-state index in [1.54, 1.807) is 51.3 Å². The van der Waals surface area contributed by atoms with Crippen molar-refractivity contribution in [2.75, 3.05) is 7.11 Å². The van der Waals surface area contributed by atoms with Gasteiger partial charge in [0.05, 0.1) is 36.4 Å². The molecule has 2 aliphatic heterocycles. The lowest BCUT2D eigenvalue weighted by molar-refractivity contribution is -0.157. The van der Waals surface area contributed by atoms with Crippen LogP contribution in [0.5, 0.6) is 0 Å². The van der Waals surface area contributed by atoms with Crippen molar-refractivity contribution in [2.45, 2.75) is 135 Å². The Kier molecular flexibility index (Phi) is 16.6. The van der Waals surface area contributed by atoms with Gasteiger partial charge in [-0.05, 0) is 80.8 Å². The number of H-pyrrole nitrogens is 1. The average Bonchev–Trinajstić information content (AvgIpc) is 3.74. The highest BCUT2D eigenvalue weighted by Crippen LogP contribution is 2.39. The molecular formula is C41H60N2O11. The molecule has 1 aromatic heterocycles. The Bertz CT molecular complexity index is 1610. The van der Waals surface area contributed by atoms with Crippen LogP contribution in [0.15, 0.2) is 66.4 Å². The van der Waals surface area contributed by atoms with Crippen LogP contribution in [0.1, 0.15) is 79.7 Å². The first-order valence-electron chi connectivity index (χ1n) is 18.6. The number of esters is 2. The van der Waals surface area contributed by atoms with E-state index in [1.807, 2.05) is 32.2 Å². The van der Waals surface area contributed by atoms with Crippen molar-refractivity contribution in [1.29, 1.82) is 0 Å². The standard InChI is InChI=1S/C40H58N2O9.CH2O2/c1-9-32(48-8)26(4)36-37(51-36)38(42-23-28-13-14-31-29(21-28)17-20-41-31)40(7,47)18-10-11-24(2)35-25(3)12-15-33(49-27(5)43)39(6,46)19-16-30(44)22-34(45)50-35;2-1-3/h10-15,17-18,20-21,25-26,30,32-33,35-38,41-42,44,46-47H,9,16,19,22-23H2,1-8H3;1H,(H,2,3)/b15-12+,18-10+,24-11+;/t25-,26+,30+,32-,33-,35+,36+,37-,38?,39+,40?;/m0./s1. The molecule has 2 aliphatic rings. The van der Waals surface area contributed by atoms with E-state index in [9.17, 15) is 24.9 Å². The topological polar surface area (TPSA) is 200 Å². The molecular weight excluding hydrogens is 696 g/mol. The van der Waals surface area contributed by atoms with Gasteiger partial charge in [0.1, 0.15) is 23.9 Å². The van der Waals surface area contributed by atoms with Gasteiger partial charge in [-0.1, -0.05) is 51.1 Å². The van der Waals surface area contributed by atoms with Crippen LogP contribution < -0.4 is 5.32 Å². The molecule has 0 spiro atoms. The maximum absolute atomic E-state index is 12.9. The number of epoxide rings is 1. The number of cyclic esters (lactones) is 1. The molecule has 13 nitrogen and oxygen atoms in total. The molecule has 2 aromatic rings. The number of methoxy groups -OCH3 is 1. The molecule has 54 heavy (non-hydrogen) atoms. The average molecular weight is 757 g/mol. The molecule has 13 heteroatoms. The summed E-state index contributed by atoms with van der Waals surface area (Å²) in [5.74, 6) is -1.37. The number of hydrogen-bond donors (Lipinski definition) is 6. The van der Waals surface area contributed by atoms with Crippen LogP contribution in [0.3, 0.4) is 0 Å². The van der Waals surface area contributed by atoms with E-state index in [1.165, 1.54) is 6.92 Å². The van der Waals surface area contributed by atoms with Crippen molar-refractivity contribution >= 4 is 29.3 Å². The number of fused-ring (bicyclic) bond motifs is 1. The second-order valence-corrected chi connectivity index (χ2v) is 14.9. The highest BCUT2D eigenvalue weighted by Gasteiger charge is 2.54. The third kappa shape index (κ3) is 12.6. The molecule has 11 atom stereocenters. The lowest BCUT2D eigenvalue weighted by Crippen LogP contribution is -2.52. The normalized spacial score (nSPS) is 30.0. The molecule has 2 unspecified atom stereocenters. The summed E-state index contributed by atoms with van der Waals surface area (Å²) in [5.41, 5.74) is 0.0267. The number of aliphatic hydroxyl groups is 3. The number of aliphatic hydroxyl groups excluding tert-OH is 1. The fourth-order valence-electron chi connectivity index (χ4n) is 7.11. The molecule has 6 N–H and O–H groups in total. The Morgan fingerprint density at radius 3 is 2.57 bits per heavy atom. The third-order valence-electron chi connectivity index (χ3n) is 10.3. The first kappa shape index (κ1) is 44.5. The van der Waals surface area contributed by atoms with Crippen LogP contribution >= 0.6 is 0 Å². The minimum absolute atomic E-state index is 0.0314. The van der Waals surface area contributed by atoms with Gasteiger partial charge in [0.15, 0.2) is 0 Å². The SMILES string of the molecule is CC[C@H](OC)[C@@H](C)[C@H]1O[C@@H]1C(NCc1ccc2[nH]ccc2c1)C(C)(O)/C=C/C=C(\C)[C@H]1OC(=O)C[C@H](O)CC[C@@](C)(O)[C@@H](OC(C)=O)/C=C/[C@@H]1C.O=CO. The molecule has 1 saturated heterocycles. The smallest absolute Gasteiger partial charge is 0.309 e. The Balaban J connectivity index is 0.00000253. The lowest BCUT2D eigenvalue weighted by atomic mass is 9.87. The molecule has 1 fully saturated rings. The Hall–Kier alpha value is -3.85. The summed E-state index contributed by atoms with van der Waals surface area (Å²) in [5, 5.41) is 45.2. The minimum atomic E-state index is -1.46. The summed E-state index contributed by atoms with van der Waals surface area (Å²) >= 11 is 0. The number of nitrogens with one attached hydrogen (secondary N) is 2. The van der Waals surface area contributed by atoms with E-state index in [2.05, 4.69) is 36.3 Å². The number of rotatable bonds is 13. The third-order valence-corrected chi connectivity index (χ3v) is 10.3. The summed E-state index contributed by atoms with van der Waals surface area (Å²) < 4.78 is 23.3. The van der Waals surface area contributed by atoms with Gasteiger partial charge < -0.3 is 49.7 Å². The van der Waals surface area contributed by atoms with Crippen molar-refractivity contribution in [1.82, 2.24) is 10.3 Å². The van der Waals surface area contributed by atoms with Gasteiger partial charge >= 0.3 is 11.9 Å². The van der Waals surface area contributed by atoms with E-state index >= 15 is 0 Å². The van der Waals surface area contributed by atoms with Crippen LogP contribution in [-0.4, -0.2) is 105 Å². The van der Waals surface area contributed by atoms with E-state index in [0.717, 1.165) is 22.9 Å². The summed E-state index contributed by atoms with van der Waals surface area (Å²) in [4.78, 5) is 36.3. The molecule has 300 valence electrons. The van der Waals surface area contributed by atoms with E-state index < -0.39 is 47.5 Å². The molecule has 0 bridgehead atoms. The van der Waals surface area contributed by atoms with E-state index in [-0.39, 0.29) is 55.9 Å². The summed E-state index contributed by atoms with van der Waals surface area (Å²) in [6.45, 7) is 12.7. The monoisotopic (exact) mass is 756 g/mol. The van der Waals surface area contributed by atoms with Gasteiger partial charge in [0.25, 0.3) is 6.47 Å². The van der Waals surface area contributed by atoms with Crippen molar-refractivity contribution in [2.24, 2.45) is 11.8 Å². The van der Waals surface area contributed by atoms with Gasteiger partial charge in [0, 0.05) is 44.1 Å². The summed E-state index contributed by atoms with van der Waals surface area (Å²) in [7, 11) is 1.71. The first-order valence-corrected chi connectivity index (χ1v) is 18.6. The van der Waals surface area contributed by atoms with Gasteiger partial charge in [-0.2, -0.15) is 0 Å². The maximum Gasteiger partial charge on any atom is 0.309 e. The Morgan fingerprint density at radius 2 is 1.93 bits per heavy atom. The zero-order valence-corrected chi connectivity index (χ0v) is 32.7. The zero-order chi connectivity index (χ0) is 40.2. The Morgan fingerprint density at radius 1 is 1.22 bits per heavy atom. The molecule has 1 aromatic carbocycles. The number of hydrogen-bond acceptors (Lipinski definition) is 11. The Labute approximate surface area is 318 Å². The second kappa shape index (κ2) is 20.2. The van der Waals surface area contributed by atoms with E-state index in [4.69, 9.17) is 28.8 Å². The van der Waals surface area contributed by atoms with Crippen LogP contribution in [-0.2, 0) is 39.9 Å². The number of carbonyl (C=O) groups excluding carboxylic acids is 2.